The zero-order chi connectivity index (χ0) is 19.6. The van der Waals surface area contributed by atoms with Crippen LogP contribution in [0, 0.1) is 13.8 Å². The summed E-state index contributed by atoms with van der Waals surface area (Å²) in [6.07, 6.45) is 0. The van der Waals surface area contributed by atoms with Crippen LogP contribution < -0.4 is 16.2 Å². The molecule has 0 fully saturated rings. The summed E-state index contributed by atoms with van der Waals surface area (Å²) in [6, 6.07) is 16.5. The van der Waals surface area contributed by atoms with E-state index < -0.39 is 0 Å². The molecule has 0 atom stereocenters. The van der Waals surface area contributed by atoms with Crippen molar-refractivity contribution in [1.29, 1.82) is 0 Å². The van der Waals surface area contributed by atoms with Crippen molar-refractivity contribution in [3.05, 3.63) is 81.8 Å². The number of aromatic nitrogens is 2. The molecule has 0 spiro atoms. The Morgan fingerprint density at radius 2 is 1.63 bits per heavy atom. The maximum Gasteiger partial charge on any atom is 0.295 e. The average Bonchev–Trinajstić information content (AvgIpc) is 2.86. The van der Waals surface area contributed by atoms with E-state index in [0.717, 1.165) is 11.3 Å². The Morgan fingerprint density at radius 1 is 1.00 bits per heavy atom. The molecule has 1 aromatic heterocycles. The molecule has 0 radical (unpaired) electrons. The van der Waals surface area contributed by atoms with Gasteiger partial charge >= 0.3 is 0 Å². The number of benzene rings is 2. The predicted octanol–water partition coefficient (Wildman–Crippen LogP) is 2.92. The number of aryl methyl sites for hydroxylation is 1. The molecule has 0 saturated heterocycles. The zero-order valence-corrected chi connectivity index (χ0v) is 16.1. The molecule has 0 unspecified atom stereocenters. The van der Waals surface area contributed by atoms with E-state index in [2.05, 4.69) is 10.6 Å². The van der Waals surface area contributed by atoms with Crippen LogP contribution >= 0.6 is 12.2 Å². The Bertz CT molecular complexity index is 1050. The summed E-state index contributed by atoms with van der Waals surface area (Å²) in [5.41, 5.74) is 3.10. The second kappa shape index (κ2) is 7.59. The molecule has 2 aromatic carbocycles. The van der Waals surface area contributed by atoms with Crippen molar-refractivity contribution in [3.8, 4) is 5.69 Å². The van der Waals surface area contributed by atoms with Crippen molar-refractivity contribution >= 4 is 28.9 Å². The van der Waals surface area contributed by atoms with Gasteiger partial charge in [0.1, 0.15) is 5.69 Å². The summed E-state index contributed by atoms with van der Waals surface area (Å²) >= 11 is 5.23. The first-order valence-corrected chi connectivity index (χ1v) is 8.82. The molecule has 27 heavy (non-hydrogen) atoms. The fraction of sp³-hybridized carbons (Fsp3) is 0.150. The molecule has 0 saturated carbocycles. The van der Waals surface area contributed by atoms with Gasteiger partial charge in [-0.05, 0) is 50.3 Å². The van der Waals surface area contributed by atoms with E-state index in [1.165, 1.54) is 0 Å². The van der Waals surface area contributed by atoms with E-state index in [1.807, 2.05) is 56.3 Å². The summed E-state index contributed by atoms with van der Waals surface area (Å²) < 4.78 is 3.28. The van der Waals surface area contributed by atoms with Crippen molar-refractivity contribution in [3.63, 3.8) is 0 Å². The lowest BCUT2D eigenvalue weighted by Crippen LogP contribution is -2.35. The molecule has 3 aromatic rings. The maximum absolute atomic E-state index is 12.8. The molecule has 0 bridgehead atoms. The van der Waals surface area contributed by atoms with Crippen LogP contribution in [0.25, 0.3) is 5.69 Å². The number of anilines is 1. The highest BCUT2D eigenvalue weighted by molar-refractivity contribution is 7.80. The Hall–Kier alpha value is -3.19. The number of nitrogens with zero attached hydrogens (tertiary/aromatic N) is 2. The van der Waals surface area contributed by atoms with Gasteiger partial charge in [-0.15, -0.1) is 0 Å². The number of hydrogen-bond acceptors (Lipinski definition) is 3. The summed E-state index contributed by atoms with van der Waals surface area (Å²) in [7, 11) is 1.79. The van der Waals surface area contributed by atoms with Gasteiger partial charge in [-0.2, -0.15) is 0 Å². The van der Waals surface area contributed by atoms with Gasteiger partial charge in [0.25, 0.3) is 11.5 Å². The van der Waals surface area contributed by atoms with Crippen LogP contribution in [0.4, 0.5) is 5.69 Å². The van der Waals surface area contributed by atoms with Gasteiger partial charge in [-0.25, -0.2) is 4.68 Å². The highest BCUT2D eigenvalue weighted by atomic mass is 32.1. The first-order chi connectivity index (χ1) is 12.9. The third kappa shape index (κ3) is 3.83. The second-order valence-corrected chi connectivity index (χ2v) is 6.62. The topological polar surface area (TPSA) is 68.1 Å². The summed E-state index contributed by atoms with van der Waals surface area (Å²) in [5, 5.41) is 5.55. The largest absolute Gasteiger partial charge is 0.326 e. The fourth-order valence-electron chi connectivity index (χ4n) is 2.74. The number of nitrogens with one attached hydrogen (secondary N) is 2. The smallest absolute Gasteiger partial charge is 0.295 e. The standard InChI is InChI=1S/C20H20N4O2S/c1-13-9-11-15(12-10-13)18(25)22-20(27)21-17-14(2)23(3)24(19(17)26)16-7-5-4-6-8-16/h4-12H,1-3H3,(H2,21,22,25,27). The van der Waals surface area contributed by atoms with Crippen molar-refractivity contribution in [1.82, 2.24) is 14.7 Å². The number of carbonyl (C=O) groups excluding carboxylic acids is 1. The van der Waals surface area contributed by atoms with E-state index in [9.17, 15) is 9.59 Å². The third-order valence-corrected chi connectivity index (χ3v) is 4.54. The minimum atomic E-state index is -0.329. The van der Waals surface area contributed by atoms with Crippen LogP contribution in [-0.4, -0.2) is 20.4 Å². The van der Waals surface area contributed by atoms with E-state index in [0.29, 0.717) is 16.9 Å². The number of carbonyl (C=O) groups is 1. The molecule has 3 rings (SSSR count). The normalized spacial score (nSPS) is 10.5. The zero-order valence-electron chi connectivity index (χ0n) is 15.3. The molecular weight excluding hydrogens is 360 g/mol. The van der Waals surface area contributed by atoms with E-state index in [-0.39, 0.29) is 16.6 Å². The Kier molecular flexibility index (Phi) is 5.23. The monoisotopic (exact) mass is 380 g/mol. The molecule has 6 nitrogen and oxygen atoms in total. The lowest BCUT2D eigenvalue weighted by atomic mass is 10.1. The molecule has 2 N–H and O–H groups in total. The summed E-state index contributed by atoms with van der Waals surface area (Å²) in [6.45, 7) is 3.76. The minimum Gasteiger partial charge on any atom is -0.326 e. The Balaban J connectivity index is 1.81. The quantitative estimate of drug-likeness (QED) is 0.686. The third-order valence-electron chi connectivity index (χ3n) is 4.33. The van der Waals surface area contributed by atoms with Crippen LogP contribution in [-0.2, 0) is 7.05 Å². The first kappa shape index (κ1) is 18.6. The highest BCUT2D eigenvalue weighted by Gasteiger charge is 2.17. The molecule has 138 valence electrons. The molecule has 0 aliphatic heterocycles. The molecule has 0 aliphatic carbocycles. The average molecular weight is 380 g/mol. The van der Waals surface area contributed by atoms with E-state index in [4.69, 9.17) is 12.2 Å². The Morgan fingerprint density at radius 3 is 2.26 bits per heavy atom. The molecule has 7 heteroatoms. The van der Waals surface area contributed by atoms with Gasteiger partial charge in [-0.1, -0.05) is 35.9 Å². The van der Waals surface area contributed by atoms with Crippen LogP contribution in [0.1, 0.15) is 21.6 Å². The van der Waals surface area contributed by atoms with Gasteiger partial charge in [0.2, 0.25) is 0 Å². The highest BCUT2D eigenvalue weighted by Crippen LogP contribution is 2.14. The minimum absolute atomic E-state index is 0.0755. The summed E-state index contributed by atoms with van der Waals surface area (Å²) in [4.78, 5) is 25.1. The van der Waals surface area contributed by atoms with Crippen LogP contribution in [0.15, 0.2) is 59.4 Å². The first-order valence-electron chi connectivity index (χ1n) is 8.41. The molecule has 1 amide bonds. The van der Waals surface area contributed by atoms with Crippen LogP contribution in [0.3, 0.4) is 0 Å². The van der Waals surface area contributed by atoms with Gasteiger partial charge in [-0.3, -0.25) is 19.6 Å². The maximum atomic E-state index is 12.8. The van der Waals surface area contributed by atoms with Crippen LogP contribution in [0.2, 0.25) is 0 Å². The van der Waals surface area contributed by atoms with Crippen molar-refractivity contribution in [2.75, 3.05) is 5.32 Å². The summed E-state index contributed by atoms with van der Waals surface area (Å²) in [5.74, 6) is -0.329. The second-order valence-electron chi connectivity index (χ2n) is 6.21. The number of thiocarbonyl (C=S) groups is 1. The van der Waals surface area contributed by atoms with Gasteiger partial charge in [0, 0.05) is 12.6 Å². The molecular formula is C20H20N4O2S. The fourth-order valence-corrected chi connectivity index (χ4v) is 2.93. The number of rotatable bonds is 3. The number of para-hydroxylation sites is 1. The molecule has 0 aliphatic rings. The van der Waals surface area contributed by atoms with Crippen molar-refractivity contribution < 1.29 is 4.79 Å². The van der Waals surface area contributed by atoms with Gasteiger partial charge in [0.15, 0.2) is 5.11 Å². The van der Waals surface area contributed by atoms with Gasteiger partial charge < -0.3 is 5.32 Å². The van der Waals surface area contributed by atoms with Crippen LogP contribution in [0.5, 0.6) is 0 Å². The number of hydrogen-bond donors (Lipinski definition) is 2. The number of amides is 1. The van der Waals surface area contributed by atoms with Crippen molar-refractivity contribution in [2.24, 2.45) is 7.05 Å². The Labute approximate surface area is 162 Å². The van der Waals surface area contributed by atoms with Crippen molar-refractivity contribution in [2.45, 2.75) is 13.8 Å². The molecule has 1 heterocycles. The van der Waals surface area contributed by atoms with E-state index in [1.54, 1.807) is 28.5 Å². The van der Waals surface area contributed by atoms with E-state index >= 15 is 0 Å². The lowest BCUT2D eigenvalue weighted by Gasteiger charge is -2.09. The van der Waals surface area contributed by atoms with Gasteiger partial charge in [0.05, 0.1) is 11.4 Å². The predicted molar refractivity (Wildman–Crippen MR) is 111 cm³/mol. The SMILES string of the molecule is Cc1ccc(C(=O)NC(=S)Nc2c(C)n(C)n(-c3ccccc3)c2=O)cc1. The lowest BCUT2D eigenvalue weighted by molar-refractivity contribution is 0.0977.